The maximum Gasteiger partial charge on any atom is 0.238 e. The van der Waals surface area contributed by atoms with Gasteiger partial charge in [-0.3, -0.25) is 9.80 Å². The molecule has 1 saturated heterocycles. The third kappa shape index (κ3) is 5.40. The van der Waals surface area contributed by atoms with Crippen LogP contribution in [0.25, 0.3) is 0 Å². The fourth-order valence-corrected chi connectivity index (χ4v) is 3.50. The van der Waals surface area contributed by atoms with Crippen LogP contribution in [0, 0.1) is 17.5 Å². The summed E-state index contributed by atoms with van der Waals surface area (Å²) >= 11 is 0. The van der Waals surface area contributed by atoms with Crippen molar-refractivity contribution in [1.82, 2.24) is 14.7 Å². The zero-order valence-electron chi connectivity index (χ0n) is 14.2. The molecule has 1 fully saturated rings. The highest BCUT2D eigenvalue weighted by Gasteiger charge is 2.25. The molecule has 1 amide bonds. The molecule has 7 nitrogen and oxygen atoms in total. The number of benzene rings is 1. The Morgan fingerprint density at radius 2 is 1.85 bits per heavy atom. The van der Waals surface area contributed by atoms with Crippen molar-refractivity contribution in [1.29, 1.82) is 0 Å². The van der Waals surface area contributed by atoms with Gasteiger partial charge in [-0.2, -0.15) is 4.31 Å². The molecule has 1 aliphatic heterocycles. The number of amides is 1. The zero-order chi connectivity index (χ0) is 19.5. The van der Waals surface area contributed by atoms with E-state index in [-0.39, 0.29) is 44.6 Å². The standard InChI is InChI=1S/C15H21F3N4O3S/c1-26(24,25)21-3-2-20-22(5-4-21)15(23)8-11(19)6-10-7-13(17)14(18)9-12(10)16/h7,9,11,20H,2-6,8,19H2,1H3/t11-/m1/s1. The van der Waals surface area contributed by atoms with Crippen LogP contribution < -0.4 is 11.2 Å². The highest BCUT2D eigenvalue weighted by atomic mass is 32.2. The molecule has 1 atom stereocenters. The summed E-state index contributed by atoms with van der Waals surface area (Å²) in [6.45, 7) is 0.767. The molecule has 0 aliphatic carbocycles. The van der Waals surface area contributed by atoms with E-state index in [1.165, 1.54) is 9.31 Å². The second-order valence-electron chi connectivity index (χ2n) is 6.14. The van der Waals surface area contributed by atoms with Crippen LogP contribution in [-0.2, 0) is 21.2 Å². The average Bonchev–Trinajstić information content (AvgIpc) is 2.78. The molecule has 1 aromatic rings. The number of carbonyl (C=O) groups excluding carboxylic acids is 1. The Morgan fingerprint density at radius 3 is 2.50 bits per heavy atom. The largest absolute Gasteiger partial charge is 0.327 e. The first-order chi connectivity index (χ1) is 12.1. The zero-order valence-corrected chi connectivity index (χ0v) is 15.0. The summed E-state index contributed by atoms with van der Waals surface area (Å²) in [7, 11) is -3.35. The van der Waals surface area contributed by atoms with Gasteiger partial charge in [0.05, 0.1) is 12.8 Å². The molecule has 3 N–H and O–H groups in total. The minimum Gasteiger partial charge on any atom is -0.327 e. The number of hydrogen-bond donors (Lipinski definition) is 2. The quantitative estimate of drug-likeness (QED) is 0.684. The molecule has 11 heteroatoms. The topological polar surface area (TPSA) is 95.7 Å². The first kappa shape index (κ1) is 20.6. The molecule has 146 valence electrons. The first-order valence-corrected chi connectivity index (χ1v) is 9.80. The normalized spacial score (nSPS) is 17.8. The van der Waals surface area contributed by atoms with E-state index < -0.39 is 39.4 Å². The number of nitrogens with zero attached hydrogens (tertiary/aromatic N) is 2. The number of halogens is 3. The van der Waals surface area contributed by atoms with Crippen molar-refractivity contribution in [2.45, 2.75) is 18.9 Å². The van der Waals surface area contributed by atoms with Gasteiger partial charge in [0.2, 0.25) is 15.9 Å². The molecule has 0 bridgehead atoms. The number of hydrazine groups is 1. The monoisotopic (exact) mass is 394 g/mol. The molecule has 0 spiro atoms. The number of carbonyl (C=O) groups is 1. The summed E-state index contributed by atoms with van der Waals surface area (Å²) in [5, 5.41) is 1.27. The molecule has 1 aliphatic rings. The SMILES string of the molecule is CS(=O)(=O)N1CCNN(C(=O)C[C@H](N)Cc2cc(F)c(F)cc2F)CC1. The lowest BCUT2D eigenvalue weighted by Crippen LogP contribution is -2.46. The highest BCUT2D eigenvalue weighted by Crippen LogP contribution is 2.16. The Balaban J connectivity index is 1.94. The van der Waals surface area contributed by atoms with Crippen molar-refractivity contribution < 1.29 is 26.4 Å². The number of nitrogens with two attached hydrogens (primary N) is 1. The van der Waals surface area contributed by atoms with Crippen molar-refractivity contribution in [2.24, 2.45) is 5.73 Å². The molecular formula is C15H21F3N4O3S. The van der Waals surface area contributed by atoms with Crippen molar-refractivity contribution in [3.05, 3.63) is 35.1 Å². The molecular weight excluding hydrogens is 373 g/mol. The number of nitrogens with one attached hydrogen (secondary N) is 1. The van der Waals surface area contributed by atoms with Crippen molar-refractivity contribution >= 4 is 15.9 Å². The first-order valence-electron chi connectivity index (χ1n) is 7.96. The van der Waals surface area contributed by atoms with Gasteiger partial charge in [0, 0.05) is 38.2 Å². The van der Waals surface area contributed by atoms with Gasteiger partial charge in [0.1, 0.15) is 5.82 Å². The van der Waals surface area contributed by atoms with Crippen LogP contribution in [-0.4, -0.2) is 62.1 Å². The van der Waals surface area contributed by atoms with Crippen molar-refractivity contribution in [3.8, 4) is 0 Å². The average molecular weight is 394 g/mol. The number of hydrogen-bond acceptors (Lipinski definition) is 5. The molecule has 0 aromatic heterocycles. The van der Waals surface area contributed by atoms with E-state index in [0.29, 0.717) is 6.07 Å². The van der Waals surface area contributed by atoms with E-state index in [0.717, 1.165) is 12.3 Å². The van der Waals surface area contributed by atoms with Crippen LogP contribution >= 0.6 is 0 Å². The van der Waals surface area contributed by atoms with Crippen LogP contribution in [0.2, 0.25) is 0 Å². The van der Waals surface area contributed by atoms with E-state index in [1.807, 2.05) is 0 Å². The molecule has 0 unspecified atom stereocenters. The van der Waals surface area contributed by atoms with Crippen LogP contribution in [0.4, 0.5) is 13.2 Å². The highest BCUT2D eigenvalue weighted by molar-refractivity contribution is 7.88. The van der Waals surface area contributed by atoms with Gasteiger partial charge in [-0.05, 0) is 18.1 Å². The lowest BCUT2D eigenvalue weighted by Gasteiger charge is -2.23. The summed E-state index contributed by atoms with van der Waals surface area (Å²) in [5.41, 5.74) is 8.55. The minimum atomic E-state index is -3.35. The second kappa shape index (κ2) is 8.33. The second-order valence-corrected chi connectivity index (χ2v) is 8.12. The van der Waals surface area contributed by atoms with Gasteiger partial charge in [0.15, 0.2) is 11.6 Å². The molecule has 1 heterocycles. The lowest BCUT2D eigenvalue weighted by atomic mass is 10.0. The predicted molar refractivity (Wildman–Crippen MR) is 88.7 cm³/mol. The maximum absolute atomic E-state index is 13.7. The molecule has 26 heavy (non-hydrogen) atoms. The van der Waals surface area contributed by atoms with Gasteiger partial charge in [0.25, 0.3) is 0 Å². The van der Waals surface area contributed by atoms with Crippen molar-refractivity contribution in [2.75, 3.05) is 32.4 Å². The third-order valence-electron chi connectivity index (χ3n) is 4.02. The van der Waals surface area contributed by atoms with Crippen molar-refractivity contribution in [3.63, 3.8) is 0 Å². The summed E-state index contributed by atoms with van der Waals surface area (Å²) in [6, 6.07) is 0.358. The smallest absolute Gasteiger partial charge is 0.238 e. The fourth-order valence-electron chi connectivity index (χ4n) is 2.67. The predicted octanol–water partition coefficient (Wildman–Crippen LogP) is -0.0278. The summed E-state index contributed by atoms with van der Waals surface area (Å²) < 4.78 is 64.2. The number of rotatable bonds is 5. The van der Waals surface area contributed by atoms with Crippen LogP contribution in [0.15, 0.2) is 12.1 Å². The van der Waals surface area contributed by atoms with E-state index in [9.17, 15) is 26.4 Å². The Kier molecular flexibility index (Phi) is 6.61. The van der Waals surface area contributed by atoms with Gasteiger partial charge in [-0.25, -0.2) is 27.0 Å². The Labute approximate surface area is 150 Å². The third-order valence-corrected chi connectivity index (χ3v) is 5.32. The fraction of sp³-hybridized carbons (Fsp3) is 0.533. The van der Waals surface area contributed by atoms with E-state index in [4.69, 9.17) is 5.73 Å². The molecule has 2 rings (SSSR count). The molecule has 1 aromatic carbocycles. The minimum absolute atomic E-state index is 0.115. The van der Waals surface area contributed by atoms with Gasteiger partial charge in [-0.15, -0.1) is 0 Å². The van der Waals surface area contributed by atoms with Gasteiger partial charge >= 0.3 is 0 Å². The Bertz CT molecular complexity index is 776. The van der Waals surface area contributed by atoms with Crippen LogP contribution in [0.3, 0.4) is 0 Å². The van der Waals surface area contributed by atoms with Gasteiger partial charge < -0.3 is 5.73 Å². The Hall–Kier alpha value is -1.69. The van der Waals surface area contributed by atoms with Gasteiger partial charge in [-0.1, -0.05) is 0 Å². The summed E-state index contributed by atoms with van der Waals surface area (Å²) in [5.74, 6) is -3.80. The summed E-state index contributed by atoms with van der Waals surface area (Å²) in [6.07, 6.45) is 0.791. The Morgan fingerprint density at radius 1 is 1.19 bits per heavy atom. The molecule has 0 saturated carbocycles. The van der Waals surface area contributed by atoms with Crippen LogP contribution in [0.1, 0.15) is 12.0 Å². The van der Waals surface area contributed by atoms with E-state index in [2.05, 4.69) is 5.43 Å². The van der Waals surface area contributed by atoms with E-state index >= 15 is 0 Å². The molecule has 0 radical (unpaired) electrons. The lowest BCUT2D eigenvalue weighted by molar-refractivity contribution is -0.134. The van der Waals surface area contributed by atoms with E-state index in [1.54, 1.807) is 0 Å². The number of sulfonamides is 1. The van der Waals surface area contributed by atoms with Crippen LogP contribution in [0.5, 0.6) is 0 Å². The maximum atomic E-state index is 13.7. The summed E-state index contributed by atoms with van der Waals surface area (Å²) in [4.78, 5) is 12.3.